The second-order valence-corrected chi connectivity index (χ2v) is 11.5. The van der Waals surface area contributed by atoms with Gasteiger partial charge in [-0.05, 0) is 62.4 Å². The minimum Gasteiger partial charge on any atom is -0.495 e. The van der Waals surface area contributed by atoms with Gasteiger partial charge in [-0.2, -0.15) is 4.31 Å². The van der Waals surface area contributed by atoms with E-state index in [0.717, 1.165) is 13.1 Å². The highest BCUT2D eigenvalue weighted by atomic mass is 35.5. The number of methoxy groups -OCH3 is 1. The smallest absolute Gasteiger partial charge is 0.253 e. The number of carbonyl (C=O) groups excluding carboxylic acids is 2. The molecule has 0 aromatic heterocycles. The summed E-state index contributed by atoms with van der Waals surface area (Å²) in [5, 5.41) is 3.16. The number of halogens is 1. The zero-order chi connectivity index (χ0) is 25.9. The molecule has 2 saturated heterocycles. The van der Waals surface area contributed by atoms with E-state index in [0.29, 0.717) is 43.7 Å². The van der Waals surface area contributed by atoms with Crippen LogP contribution < -0.4 is 10.1 Å². The first kappa shape index (κ1) is 26.4. The van der Waals surface area contributed by atoms with Gasteiger partial charge >= 0.3 is 0 Å². The van der Waals surface area contributed by atoms with Crippen LogP contribution in [0.5, 0.6) is 5.75 Å². The number of carbonyl (C=O) groups is 2. The number of hydrogen-bond acceptors (Lipinski definition) is 6. The van der Waals surface area contributed by atoms with Crippen LogP contribution in [0, 0.1) is 5.92 Å². The Labute approximate surface area is 217 Å². The average molecular weight is 535 g/mol. The van der Waals surface area contributed by atoms with Crippen LogP contribution in [0.3, 0.4) is 0 Å². The largest absolute Gasteiger partial charge is 0.495 e. The number of benzene rings is 2. The number of anilines is 1. The molecular formula is C25H31ClN4O5S. The predicted octanol–water partition coefficient (Wildman–Crippen LogP) is 2.78. The Hall–Kier alpha value is -2.66. The summed E-state index contributed by atoms with van der Waals surface area (Å²) in [5.41, 5.74) is 1.13. The molecular weight excluding hydrogens is 504 g/mol. The molecule has 1 atom stereocenters. The molecule has 0 saturated carbocycles. The first-order chi connectivity index (χ1) is 17.2. The molecule has 0 bridgehead atoms. The molecule has 36 heavy (non-hydrogen) atoms. The molecule has 2 fully saturated rings. The molecule has 2 aliphatic heterocycles. The predicted molar refractivity (Wildman–Crippen MR) is 138 cm³/mol. The van der Waals surface area contributed by atoms with Crippen LogP contribution in [0.4, 0.5) is 5.69 Å². The van der Waals surface area contributed by atoms with Crippen molar-refractivity contribution in [2.75, 3.05) is 58.7 Å². The van der Waals surface area contributed by atoms with Crippen LogP contribution in [0.15, 0.2) is 47.4 Å². The van der Waals surface area contributed by atoms with Crippen LogP contribution in [-0.4, -0.2) is 87.8 Å². The molecule has 0 spiro atoms. The minimum atomic E-state index is -3.90. The van der Waals surface area contributed by atoms with E-state index in [2.05, 4.69) is 10.2 Å². The molecule has 9 nitrogen and oxygen atoms in total. The highest BCUT2D eigenvalue weighted by molar-refractivity contribution is 7.89. The maximum Gasteiger partial charge on any atom is 0.253 e. The van der Waals surface area contributed by atoms with Crippen molar-refractivity contribution < 1.29 is 22.7 Å². The summed E-state index contributed by atoms with van der Waals surface area (Å²) in [6.45, 7) is 3.44. The lowest BCUT2D eigenvalue weighted by Crippen LogP contribution is -2.47. The van der Waals surface area contributed by atoms with Crippen LogP contribution in [0.2, 0.25) is 5.02 Å². The van der Waals surface area contributed by atoms with Crippen molar-refractivity contribution in [1.29, 1.82) is 0 Å². The van der Waals surface area contributed by atoms with Crippen molar-refractivity contribution in [1.82, 2.24) is 14.1 Å². The van der Waals surface area contributed by atoms with Gasteiger partial charge in [-0.25, -0.2) is 8.42 Å². The van der Waals surface area contributed by atoms with Gasteiger partial charge in [-0.3, -0.25) is 9.59 Å². The summed E-state index contributed by atoms with van der Waals surface area (Å²) < 4.78 is 33.2. The van der Waals surface area contributed by atoms with Gasteiger partial charge in [0.15, 0.2) is 0 Å². The highest BCUT2D eigenvalue weighted by Crippen LogP contribution is 2.32. The van der Waals surface area contributed by atoms with Crippen LogP contribution in [-0.2, 0) is 14.8 Å². The fourth-order valence-electron chi connectivity index (χ4n) is 4.50. The number of piperazine rings is 1. The fraction of sp³-hybridized carbons (Fsp3) is 0.440. The van der Waals surface area contributed by atoms with Gasteiger partial charge in [-0.15, -0.1) is 0 Å². The van der Waals surface area contributed by atoms with Crippen LogP contribution >= 0.6 is 11.6 Å². The maximum absolute atomic E-state index is 13.3. The third-order valence-electron chi connectivity index (χ3n) is 6.69. The third kappa shape index (κ3) is 5.83. The Morgan fingerprint density at radius 1 is 1.03 bits per heavy atom. The number of piperidine rings is 1. The molecule has 1 N–H and O–H groups in total. The second-order valence-electron chi connectivity index (χ2n) is 9.16. The minimum absolute atomic E-state index is 0.0147. The summed E-state index contributed by atoms with van der Waals surface area (Å²) in [4.78, 5) is 29.7. The molecule has 4 rings (SSSR count). The van der Waals surface area contributed by atoms with Gasteiger partial charge in [0.1, 0.15) is 10.6 Å². The Balaban J connectivity index is 1.40. The SMILES string of the molecule is COc1ccc(Cl)cc1S(=O)(=O)N1CCC[C@@H](C(=O)Nc2ccc(C(=O)N3CCN(C)CC3)cc2)C1. The third-order valence-corrected chi connectivity index (χ3v) is 8.81. The van der Waals surface area contributed by atoms with E-state index in [9.17, 15) is 18.0 Å². The molecule has 2 aromatic carbocycles. The Morgan fingerprint density at radius 3 is 2.39 bits per heavy atom. The number of sulfonamides is 1. The molecule has 0 radical (unpaired) electrons. The van der Waals surface area contributed by atoms with Crippen molar-refractivity contribution in [3.63, 3.8) is 0 Å². The lowest BCUT2D eigenvalue weighted by atomic mass is 9.98. The van der Waals surface area contributed by atoms with E-state index in [1.54, 1.807) is 30.3 Å². The quantitative estimate of drug-likeness (QED) is 0.612. The molecule has 2 aromatic rings. The number of nitrogens with zero attached hydrogens (tertiary/aromatic N) is 3. The van der Waals surface area contributed by atoms with E-state index in [1.807, 2.05) is 11.9 Å². The number of hydrogen-bond donors (Lipinski definition) is 1. The van der Waals surface area contributed by atoms with Gasteiger partial charge in [0.2, 0.25) is 15.9 Å². The Bertz CT molecular complexity index is 1210. The lowest BCUT2D eigenvalue weighted by molar-refractivity contribution is -0.120. The summed E-state index contributed by atoms with van der Waals surface area (Å²) in [5.74, 6) is -0.584. The van der Waals surface area contributed by atoms with Gasteiger partial charge in [0.25, 0.3) is 5.91 Å². The molecule has 2 aliphatic rings. The standard InChI is InChI=1S/C25H31ClN4O5S/c1-28-12-14-29(15-13-28)25(32)18-5-8-21(9-6-18)27-24(31)19-4-3-11-30(17-19)36(33,34)23-16-20(26)7-10-22(23)35-2/h5-10,16,19H,3-4,11-15,17H2,1-2H3,(H,27,31)/t19-/m1/s1. The zero-order valence-corrected chi connectivity index (χ0v) is 22.0. The summed E-state index contributed by atoms with van der Waals surface area (Å²) in [7, 11) is -0.460. The second kappa shape index (κ2) is 11.2. The average Bonchev–Trinajstić information content (AvgIpc) is 2.89. The number of likely N-dealkylation sites (N-methyl/N-ethyl adjacent to an activating group) is 1. The van der Waals surface area contributed by atoms with Gasteiger partial charge < -0.3 is 19.9 Å². The number of nitrogens with one attached hydrogen (secondary N) is 1. The van der Waals surface area contributed by atoms with Crippen molar-refractivity contribution in [3.8, 4) is 5.75 Å². The first-order valence-electron chi connectivity index (χ1n) is 11.9. The van der Waals surface area contributed by atoms with Gasteiger partial charge in [-0.1, -0.05) is 11.6 Å². The van der Waals surface area contributed by atoms with Crippen LogP contribution in [0.1, 0.15) is 23.2 Å². The number of ether oxygens (including phenoxy) is 1. The topological polar surface area (TPSA) is 99.3 Å². The maximum atomic E-state index is 13.3. The molecule has 2 amide bonds. The molecule has 0 unspecified atom stereocenters. The number of amides is 2. The van der Waals surface area contributed by atoms with E-state index in [4.69, 9.17) is 16.3 Å². The number of rotatable bonds is 6. The van der Waals surface area contributed by atoms with Crippen molar-refractivity contribution in [2.24, 2.45) is 5.92 Å². The van der Waals surface area contributed by atoms with Crippen molar-refractivity contribution in [2.45, 2.75) is 17.7 Å². The van der Waals surface area contributed by atoms with Gasteiger partial charge in [0, 0.05) is 55.5 Å². The summed E-state index contributed by atoms with van der Waals surface area (Å²) >= 11 is 6.04. The molecule has 11 heteroatoms. The fourth-order valence-corrected chi connectivity index (χ4v) is 6.44. The first-order valence-corrected chi connectivity index (χ1v) is 13.7. The summed E-state index contributed by atoms with van der Waals surface area (Å²) in [6, 6.07) is 11.3. The Morgan fingerprint density at radius 2 is 1.72 bits per heavy atom. The summed E-state index contributed by atoms with van der Waals surface area (Å²) in [6.07, 6.45) is 1.13. The monoisotopic (exact) mass is 534 g/mol. The molecule has 194 valence electrons. The molecule has 2 heterocycles. The highest BCUT2D eigenvalue weighted by Gasteiger charge is 2.35. The van der Waals surface area contributed by atoms with Gasteiger partial charge in [0.05, 0.1) is 13.0 Å². The van der Waals surface area contributed by atoms with E-state index < -0.39 is 15.9 Å². The van der Waals surface area contributed by atoms with Crippen LogP contribution in [0.25, 0.3) is 0 Å². The lowest BCUT2D eigenvalue weighted by Gasteiger charge is -2.32. The zero-order valence-electron chi connectivity index (χ0n) is 20.4. The van der Waals surface area contributed by atoms with E-state index >= 15 is 0 Å². The van der Waals surface area contributed by atoms with Crippen molar-refractivity contribution in [3.05, 3.63) is 53.1 Å². The van der Waals surface area contributed by atoms with E-state index in [-0.39, 0.29) is 34.0 Å². The Kier molecular flexibility index (Phi) is 8.19. The van der Waals surface area contributed by atoms with Crippen molar-refractivity contribution >= 4 is 39.1 Å². The molecule has 0 aliphatic carbocycles. The normalized spacial score (nSPS) is 19.6. The van der Waals surface area contributed by atoms with E-state index in [1.165, 1.54) is 23.5 Å².